The second-order valence-corrected chi connectivity index (χ2v) is 7.56. The van der Waals surface area contributed by atoms with Crippen molar-refractivity contribution in [3.05, 3.63) is 54.2 Å². The molecule has 0 spiro atoms. The molecule has 0 saturated heterocycles. The number of amides is 2. The lowest BCUT2D eigenvalue weighted by Crippen LogP contribution is -2.32. The van der Waals surface area contributed by atoms with Gasteiger partial charge in [0.2, 0.25) is 5.91 Å². The molecule has 3 aromatic rings. The second-order valence-electron chi connectivity index (χ2n) is 7.56. The lowest BCUT2D eigenvalue weighted by Gasteiger charge is -2.12. The highest BCUT2D eigenvalue weighted by Gasteiger charge is 2.15. The maximum Gasteiger partial charge on any atom is 0.387 e. The molecule has 10 heteroatoms. The van der Waals surface area contributed by atoms with Crippen molar-refractivity contribution in [3.63, 3.8) is 0 Å². The molecule has 33 heavy (non-hydrogen) atoms. The molecule has 1 heterocycles. The van der Waals surface area contributed by atoms with Crippen LogP contribution < -0.4 is 20.1 Å². The van der Waals surface area contributed by atoms with E-state index in [0.29, 0.717) is 5.69 Å². The zero-order valence-corrected chi connectivity index (χ0v) is 18.6. The van der Waals surface area contributed by atoms with E-state index in [1.807, 2.05) is 38.5 Å². The minimum absolute atomic E-state index is 0.0155. The molecule has 0 saturated carbocycles. The Balaban J connectivity index is 1.57. The molecule has 0 unspecified atom stereocenters. The normalized spacial score (nSPS) is 11.1. The van der Waals surface area contributed by atoms with Gasteiger partial charge < -0.3 is 29.6 Å². The molecule has 8 nitrogen and oxygen atoms in total. The zero-order valence-electron chi connectivity index (χ0n) is 18.6. The molecule has 3 rings (SSSR count). The predicted molar refractivity (Wildman–Crippen MR) is 121 cm³/mol. The molecule has 0 atom stereocenters. The van der Waals surface area contributed by atoms with Crippen molar-refractivity contribution < 1.29 is 27.8 Å². The summed E-state index contributed by atoms with van der Waals surface area (Å²) < 4.78 is 36.3. The van der Waals surface area contributed by atoms with Crippen LogP contribution in [0.5, 0.6) is 11.5 Å². The third-order valence-electron chi connectivity index (χ3n) is 4.89. The third kappa shape index (κ3) is 6.42. The Kier molecular flexibility index (Phi) is 7.83. The topological polar surface area (TPSA) is 84.8 Å². The third-order valence-corrected chi connectivity index (χ3v) is 4.89. The Bertz CT molecular complexity index is 1130. The molecule has 0 aliphatic rings. The molecule has 2 N–H and O–H groups in total. The fourth-order valence-corrected chi connectivity index (χ4v) is 3.25. The largest absolute Gasteiger partial charge is 0.493 e. The number of alkyl halides is 2. The van der Waals surface area contributed by atoms with Gasteiger partial charge in [-0.15, -0.1) is 0 Å². The molecule has 1 aromatic heterocycles. The van der Waals surface area contributed by atoms with Crippen molar-refractivity contribution in [2.45, 2.75) is 13.2 Å². The lowest BCUT2D eigenvalue weighted by molar-refractivity contribution is -0.115. The number of methoxy groups -OCH3 is 1. The van der Waals surface area contributed by atoms with Crippen molar-refractivity contribution in [2.75, 3.05) is 39.6 Å². The average Bonchev–Trinajstić information content (AvgIpc) is 3.18. The van der Waals surface area contributed by atoms with E-state index in [2.05, 4.69) is 24.8 Å². The molecular weight excluding hydrogens is 434 g/mol. The molecule has 0 fully saturated rings. The smallest absolute Gasteiger partial charge is 0.387 e. The van der Waals surface area contributed by atoms with Crippen molar-refractivity contribution in [2.24, 2.45) is 0 Å². The number of ether oxygens (including phenoxy) is 2. The van der Waals surface area contributed by atoms with Gasteiger partial charge in [-0.3, -0.25) is 9.59 Å². The number of likely N-dealkylation sites (N-methyl/N-ethyl adjacent to an activating group) is 1. The van der Waals surface area contributed by atoms with Gasteiger partial charge in [0.05, 0.1) is 13.7 Å². The van der Waals surface area contributed by atoms with Crippen molar-refractivity contribution in [3.8, 4) is 11.5 Å². The lowest BCUT2D eigenvalue weighted by atomic mass is 10.2. The number of nitrogens with one attached hydrogen (secondary N) is 2. The standard InChI is InChI=1S/C23H26F2N4O4/c1-28(2)10-11-29-9-8-15-12-17(5-6-18(15)29)27-21(30)14-26-22(31)16-4-7-19(33-23(24)25)20(13-16)32-3/h4-9,12-13,23H,10-11,14H2,1-3H3,(H,26,31)(H,27,30). The van der Waals surface area contributed by atoms with Crippen molar-refractivity contribution in [1.29, 1.82) is 0 Å². The summed E-state index contributed by atoms with van der Waals surface area (Å²) in [5, 5.41) is 6.24. The highest BCUT2D eigenvalue weighted by atomic mass is 19.3. The van der Waals surface area contributed by atoms with E-state index in [9.17, 15) is 18.4 Å². The maximum absolute atomic E-state index is 12.4. The number of hydrogen-bond acceptors (Lipinski definition) is 5. The van der Waals surface area contributed by atoms with Crippen molar-refractivity contribution in [1.82, 2.24) is 14.8 Å². The number of anilines is 1. The number of fused-ring (bicyclic) bond motifs is 1. The molecule has 2 amide bonds. The quantitative estimate of drug-likeness (QED) is 0.486. The van der Waals surface area contributed by atoms with E-state index in [4.69, 9.17) is 4.74 Å². The number of rotatable bonds is 10. The fourth-order valence-electron chi connectivity index (χ4n) is 3.25. The molecule has 2 aromatic carbocycles. The summed E-state index contributed by atoms with van der Waals surface area (Å²) in [5.41, 5.74) is 1.82. The predicted octanol–water partition coefficient (Wildman–Crippen LogP) is 3.18. The van der Waals surface area contributed by atoms with E-state index in [1.165, 1.54) is 25.3 Å². The van der Waals surface area contributed by atoms with Crippen LogP contribution in [-0.2, 0) is 11.3 Å². The van der Waals surface area contributed by atoms with Gasteiger partial charge in [-0.25, -0.2) is 0 Å². The minimum atomic E-state index is -3.02. The Labute approximate surface area is 190 Å². The first kappa shape index (κ1) is 24.0. The fraction of sp³-hybridized carbons (Fsp3) is 0.304. The number of benzene rings is 2. The summed E-state index contributed by atoms with van der Waals surface area (Å²) in [6.07, 6.45) is 2.01. The minimum Gasteiger partial charge on any atom is -0.493 e. The summed E-state index contributed by atoms with van der Waals surface area (Å²) in [6.45, 7) is -1.51. The van der Waals surface area contributed by atoms with Gasteiger partial charge in [0.15, 0.2) is 11.5 Å². The van der Waals surface area contributed by atoms with Gasteiger partial charge >= 0.3 is 6.61 Å². The SMILES string of the molecule is COc1cc(C(=O)NCC(=O)Nc2ccc3c(ccn3CCN(C)C)c2)ccc1OC(F)F. The van der Waals surface area contributed by atoms with Crippen molar-refractivity contribution >= 4 is 28.4 Å². The van der Waals surface area contributed by atoms with E-state index in [0.717, 1.165) is 24.0 Å². The monoisotopic (exact) mass is 460 g/mol. The number of aromatic nitrogens is 1. The average molecular weight is 460 g/mol. The Morgan fingerprint density at radius 2 is 1.88 bits per heavy atom. The highest BCUT2D eigenvalue weighted by molar-refractivity contribution is 6.00. The van der Waals surface area contributed by atoms with Crippen LogP contribution in [0.25, 0.3) is 10.9 Å². The number of carbonyl (C=O) groups excluding carboxylic acids is 2. The van der Waals surface area contributed by atoms with Crippen LogP contribution in [0.15, 0.2) is 48.7 Å². The van der Waals surface area contributed by atoms with E-state index < -0.39 is 18.4 Å². The maximum atomic E-state index is 12.4. The summed E-state index contributed by atoms with van der Waals surface area (Å²) in [6, 6.07) is 11.4. The molecule has 0 aliphatic carbocycles. The number of halogens is 2. The highest BCUT2D eigenvalue weighted by Crippen LogP contribution is 2.29. The summed E-state index contributed by atoms with van der Waals surface area (Å²) >= 11 is 0. The number of nitrogens with zero attached hydrogens (tertiary/aromatic N) is 2. The second kappa shape index (κ2) is 10.8. The molecule has 176 valence electrons. The van der Waals surface area contributed by atoms with Gasteiger partial charge in [-0.2, -0.15) is 8.78 Å². The van der Waals surface area contributed by atoms with Crippen LogP contribution in [0.3, 0.4) is 0 Å². The van der Waals surface area contributed by atoms with Crippen LogP contribution in [0.1, 0.15) is 10.4 Å². The Hall–Kier alpha value is -3.66. The number of carbonyl (C=O) groups is 2. The Morgan fingerprint density at radius 3 is 2.58 bits per heavy atom. The Morgan fingerprint density at radius 1 is 1.09 bits per heavy atom. The first-order valence-corrected chi connectivity index (χ1v) is 10.2. The van der Waals surface area contributed by atoms with Crippen LogP contribution in [0.2, 0.25) is 0 Å². The van der Waals surface area contributed by atoms with Crippen LogP contribution >= 0.6 is 0 Å². The first-order valence-electron chi connectivity index (χ1n) is 10.2. The van der Waals surface area contributed by atoms with Gasteiger partial charge in [-0.05, 0) is 56.6 Å². The number of hydrogen-bond donors (Lipinski definition) is 2. The summed E-state index contributed by atoms with van der Waals surface area (Å²) in [7, 11) is 5.31. The molecule has 0 bridgehead atoms. The van der Waals surface area contributed by atoms with E-state index >= 15 is 0 Å². The van der Waals surface area contributed by atoms with Crippen LogP contribution in [-0.4, -0.2) is 62.2 Å². The first-order chi connectivity index (χ1) is 15.8. The van der Waals surface area contributed by atoms with E-state index in [-0.39, 0.29) is 23.6 Å². The molecule has 0 aliphatic heterocycles. The van der Waals surface area contributed by atoms with Gasteiger partial charge in [0.1, 0.15) is 0 Å². The molecule has 0 radical (unpaired) electrons. The zero-order chi connectivity index (χ0) is 24.0. The van der Waals surface area contributed by atoms with Crippen LogP contribution in [0, 0.1) is 0 Å². The van der Waals surface area contributed by atoms with Crippen LogP contribution in [0.4, 0.5) is 14.5 Å². The van der Waals surface area contributed by atoms with Gasteiger partial charge in [-0.1, -0.05) is 0 Å². The summed E-state index contributed by atoms with van der Waals surface area (Å²) in [4.78, 5) is 26.8. The summed E-state index contributed by atoms with van der Waals surface area (Å²) in [5.74, 6) is -1.16. The van der Waals surface area contributed by atoms with E-state index in [1.54, 1.807) is 6.07 Å². The molecular formula is C23H26F2N4O4. The van der Waals surface area contributed by atoms with Gasteiger partial charge in [0, 0.05) is 41.4 Å². The van der Waals surface area contributed by atoms with Gasteiger partial charge in [0.25, 0.3) is 5.91 Å².